The summed E-state index contributed by atoms with van der Waals surface area (Å²) in [6.07, 6.45) is 3.93. The minimum Gasteiger partial charge on any atom is -0.497 e. The summed E-state index contributed by atoms with van der Waals surface area (Å²) in [5, 5.41) is 2.16. The highest BCUT2D eigenvalue weighted by Gasteiger charge is 2.26. The average Bonchev–Trinajstić information content (AvgIpc) is 3.10. The van der Waals surface area contributed by atoms with E-state index in [1.165, 1.54) is 10.9 Å². The second-order valence-corrected chi connectivity index (χ2v) is 7.75. The fraction of sp³-hybridized carbons (Fsp3) is 0.286. The van der Waals surface area contributed by atoms with Gasteiger partial charge in [-0.1, -0.05) is 23.2 Å². The van der Waals surface area contributed by atoms with Gasteiger partial charge in [0.2, 0.25) is 0 Å². The van der Waals surface area contributed by atoms with Crippen LogP contribution in [0.25, 0.3) is 10.9 Å². The van der Waals surface area contributed by atoms with Crippen molar-refractivity contribution in [2.75, 3.05) is 20.2 Å². The number of benzene rings is 2. The molecule has 3 aromatic rings. The Morgan fingerprint density at radius 3 is 2.48 bits per heavy atom. The van der Waals surface area contributed by atoms with Gasteiger partial charge in [-0.05, 0) is 60.7 Å². The second kappa shape index (κ2) is 7.45. The first-order valence-electron chi connectivity index (χ1n) is 8.95. The number of fused-ring (bicyclic) bond motifs is 1. The van der Waals surface area contributed by atoms with Gasteiger partial charge in [0.1, 0.15) is 5.75 Å². The number of nitrogens with zero attached hydrogens (tertiary/aromatic N) is 1. The molecule has 1 aliphatic rings. The topological polar surface area (TPSA) is 45.3 Å². The van der Waals surface area contributed by atoms with Gasteiger partial charge in [-0.25, -0.2) is 0 Å². The first-order chi connectivity index (χ1) is 13.0. The van der Waals surface area contributed by atoms with Crippen LogP contribution in [0.5, 0.6) is 5.75 Å². The van der Waals surface area contributed by atoms with Crippen LogP contribution in [0.4, 0.5) is 0 Å². The molecule has 1 aromatic heterocycles. The fourth-order valence-corrected chi connectivity index (χ4v) is 4.37. The van der Waals surface area contributed by atoms with Gasteiger partial charge in [-0.2, -0.15) is 0 Å². The number of hydrogen-bond acceptors (Lipinski definition) is 2. The zero-order valence-electron chi connectivity index (χ0n) is 15.0. The molecule has 0 unspecified atom stereocenters. The molecule has 4 rings (SSSR count). The predicted octanol–water partition coefficient (Wildman–Crippen LogP) is 5.50. The summed E-state index contributed by atoms with van der Waals surface area (Å²) in [5.74, 6) is 1.25. The molecule has 0 saturated carbocycles. The molecule has 0 bridgehead atoms. The van der Waals surface area contributed by atoms with Gasteiger partial charge in [0.05, 0.1) is 7.11 Å². The summed E-state index contributed by atoms with van der Waals surface area (Å²) in [5.41, 5.74) is 2.95. The van der Waals surface area contributed by atoms with E-state index in [-0.39, 0.29) is 5.91 Å². The summed E-state index contributed by atoms with van der Waals surface area (Å²) in [6, 6.07) is 11.1. The number of piperidine rings is 1. The van der Waals surface area contributed by atoms with E-state index >= 15 is 0 Å². The molecule has 27 heavy (non-hydrogen) atoms. The normalized spacial score (nSPS) is 15.3. The lowest BCUT2D eigenvalue weighted by Gasteiger charge is -2.32. The lowest BCUT2D eigenvalue weighted by molar-refractivity contribution is 0.0713. The molecule has 0 aliphatic carbocycles. The van der Waals surface area contributed by atoms with Gasteiger partial charge < -0.3 is 14.6 Å². The number of amides is 1. The zero-order chi connectivity index (χ0) is 19.0. The number of rotatable bonds is 3. The number of aromatic nitrogens is 1. The van der Waals surface area contributed by atoms with Crippen molar-refractivity contribution in [3.05, 3.63) is 63.8 Å². The van der Waals surface area contributed by atoms with E-state index in [0.29, 0.717) is 34.6 Å². The minimum absolute atomic E-state index is 0.0153. The van der Waals surface area contributed by atoms with Crippen LogP contribution in [0.1, 0.15) is 34.7 Å². The van der Waals surface area contributed by atoms with Crippen LogP contribution < -0.4 is 4.74 Å². The number of carbonyl (C=O) groups excluding carboxylic acids is 1. The van der Waals surface area contributed by atoms with Gasteiger partial charge in [0.15, 0.2) is 0 Å². The van der Waals surface area contributed by atoms with E-state index in [2.05, 4.69) is 17.2 Å². The molecule has 1 saturated heterocycles. The Balaban J connectivity index is 1.50. The average molecular weight is 403 g/mol. The predicted molar refractivity (Wildman–Crippen MR) is 109 cm³/mol. The highest BCUT2D eigenvalue weighted by atomic mass is 35.5. The first kappa shape index (κ1) is 18.2. The molecule has 1 aliphatic heterocycles. The number of H-pyrrole nitrogens is 1. The van der Waals surface area contributed by atoms with Gasteiger partial charge in [0.25, 0.3) is 5.91 Å². The van der Waals surface area contributed by atoms with E-state index < -0.39 is 0 Å². The van der Waals surface area contributed by atoms with Crippen LogP contribution in [-0.4, -0.2) is 36.0 Å². The lowest BCUT2D eigenvalue weighted by atomic mass is 9.89. The van der Waals surface area contributed by atoms with Crippen molar-refractivity contribution in [1.29, 1.82) is 0 Å². The molecule has 1 fully saturated rings. The third-order valence-corrected chi connectivity index (χ3v) is 5.69. The summed E-state index contributed by atoms with van der Waals surface area (Å²) in [6.45, 7) is 1.43. The van der Waals surface area contributed by atoms with Crippen LogP contribution in [0.15, 0.2) is 42.6 Å². The number of aromatic amines is 1. The first-order valence-corrected chi connectivity index (χ1v) is 9.71. The Morgan fingerprint density at radius 1 is 1.11 bits per heavy atom. The standard InChI is InChI=1S/C21H20Cl2N2O2/c1-27-17-2-3-20-18(11-17)19(12-24-20)13-4-6-25(7-5-13)21(26)14-8-15(22)10-16(23)9-14/h2-3,8-13,24H,4-7H2,1H3. The van der Waals surface area contributed by atoms with Crippen molar-refractivity contribution in [3.63, 3.8) is 0 Å². The fourth-order valence-electron chi connectivity index (χ4n) is 3.84. The maximum absolute atomic E-state index is 12.8. The Hall–Kier alpha value is -2.17. The smallest absolute Gasteiger partial charge is 0.253 e. The molecular weight excluding hydrogens is 383 g/mol. The van der Waals surface area contributed by atoms with Crippen molar-refractivity contribution in [3.8, 4) is 5.75 Å². The molecule has 1 N–H and O–H groups in total. The van der Waals surface area contributed by atoms with E-state index in [4.69, 9.17) is 27.9 Å². The van der Waals surface area contributed by atoms with Crippen LogP contribution in [0, 0.1) is 0 Å². The van der Waals surface area contributed by atoms with Crippen LogP contribution in [0.2, 0.25) is 10.0 Å². The van der Waals surface area contributed by atoms with Crippen molar-refractivity contribution in [2.45, 2.75) is 18.8 Å². The number of halogens is 2. The molecule has 6 heteroatoms. The third kappa shape index (κ3) is 3.64. The monoisotopic (exact) mass is 402 g/mol. The van der Waals surface area contributed by atoms with E-state index in [1.807, 2.05) is 17.0 Å². The highest BCUT2D eigenvalue weighted by molar-refractivity contribution is 6.35. The van der Waals surface area contributed by atoms with Gasteiger partial charge in [-0.3, -0.25) is 4.79 Å². The highest BCUT2D eigenvalue weighted by Crippen LogP contribution is 2.35. The summed E-state index contributed by atoms with van der Waals surface area (Å²) in [7, 11) is 1.68. The van der Waals surface area contributed by atoms with Crippen LogP contribution in [0.3, 0.4) is 0 Å². The van der Waals surface area contributed by atoms with E-state index in [0.717, 1.165) is 24.1 Å². The van der Waals surface area contributed by atoms with Gasteiger partial charge in [-0.15, -0.1) is 0 Å². The van der Waals surface area contributed by atoms with Gasteiger partial charge >= 0.3 is 0 Å². The summed E-state index contributed by atoms with van der Waals surface area (Å²) < 4.78 is 5.36. The van der Waals surface area contributed by atoms with Crippen LogP contribution in [-0.2, 0) is 0 Å². The van der Waals surface area contributed by atoms with E-state index in [9.17, 15) is 4.79 Å². The minimum atomic E-state index is -0.0153. The zero-order valence-corrected chi connectivity index (χ0v) is 16.5. The third-order valence-electron chi connectivity index (χ3n) is 5.25. The molecule has 4 nitrogen and oxygen atoms in total. The number of hydrogen-bond donors (Lipinski definition) is 1. The molecule has 2 aromatic carbocycles. The maximum Gasteiger partial charge on any atom is 0.253 e. The SMILES string of the molecule is COc1ccc2[nH]cc(C3CCN(C(=O)c4cc(Cl)cc(Cl)c4)CC3)c2c1. The molecule has 1 amide bonds. The summed E-state index contributed by atoms with van der Waals surface area (Å²) in [4.78, 5) is 18.0. The molecule has 2 heterocycles. The lowest BCUT2D eigenvalue weighted by Crippen LogP contribution is -2.37. The molecule has 0 radical (unpaired) electrons. The Labute approximate surface area is 168 Å². The Morgan fingerprint density at radius 2 is 1.81 bits per heavy atom. The van der Waals surface area contributed by atoms with E-state index in [1.54, 1.807) is 25.3 Å². The number of likely N-dealkylation sites (tertiary alicyclic amines) is 1. The Bertz CT molecular complexity index is 971. The number of methoxy groups -OCH3 is 1. The second-order valence-electron chi connectivity index (χ2n) is 6.88. The van der Waals surface area contributed by atoms with Crippen molar-refractivity contribution in [2.24, 2.45) is 0 Å². The molecule has 0 spiro atoms. The maximum atomic E-state index is 12.8. The van der Waals surface area contributed by atoms with Crippen molar-refractivity contribution < 1.29 is 9.53 Å². The van der Waals surface area contributed by atoms with Crippen LogP contribution >= 0.6 is 23.2 Å². The largest absolute Gasteiger partial charge is 0.497 e. The molecule has 0 atom stereocenters. The Kier molecular flexibility index (Phi) is 5.02. The van der Waals surface area contributed by atoms with Crippen molar-refractivity contribution in [1.82, 2.24) is 9.88 Å². The number of carbonyl (C=O) groups is 1. The quantitative estimate of drug-likeness (QED) is 0.628. The number of ether oxygens (including phenoxy) is 1. The number of nitrogens with one attached hydrogen (secondary N) is 1. The van der Waals surface area contributed by atoms with Gasteiger partial charge in [0, 0.05) is 45.8 Å². The summed E-state index contributed by atoms with van der Waals surface area (Å²) >= 11 is 12.1. The van der Waals surface area contributed by atoms with Crippen molar-refractivity contribution >= 4 is 40.0 Å². The molecule has 140 valence electrons. The molecular formula is C21H20Cl2N2O2.